The highest BCUT2D eigenvalue weighted by molar-refractivity contribution is 5.83. The lowest BCUT2D eigenvalue weighted by molar-refractivity contribution is -0.130. The Bertz CT molecular complexity index is 242. The van der Waals surface area contributed by atoms with Gasteiger partial charge in [-0.05, 0) is 46.8 Å². The first-order chi connectivity index (χ1) is 7.47. The van der Waals surface area contributed by atoms with Crippen LogP contribution in [0.25, 0.3) is 0 Å². The van der Waals surface area contributed by atoms with Crippen molar-refractivity contribution in [2.45, 2.75) is 38.6 Å². The first kappa shape index (κ1) is 13.5. The fourth-order valence-electron chi connectivity index (χ4n) is 2.27. The summed E-state index contributed by atoms with van der Waals surface area (Å²) in [6, 6.07) is 0.0290. The second-order valence-corrected chi connectivity index (χ2v) is 5.33. The third kappa shape index (κ3) is 3.19. The first-order valence-electron chi connectivity index (χ1n) is 6.15. The largest absolute Gasteiger partial charge is 0.356 e. The average Bonchev–Trinajstić information content (AvgIpc) is 2.55. The van der Waals surface area contributed by atoms with E-state index < -0.39 is 0 Å². The quantitative estimate of drug-likeness (QED) is 0.675. The molecule has 0 radical (unpaired) electrons. The van der Waals surface area contributed by atoms with E-state index in [0.29, 0.717) is 0 Å². The zero-order valence-corrected chi connectivity index (χ0v) is 10.8. The van der Waals surface area contributed by atoms with Gasteiger partial charge in [-0.2, -0.15) is 0 Å². The van der Waals surface area contributed by atoms with Crippen molar-refractivity contribution < 1.29 is 4.79 Å². The zero-order valence-electron chi connectivity index (χ0n) is 10.8. The molecule has 3 N–H and O–H groups in total. The summed E-state index contributed by atoms with van der Waals surface area (Å²) in [5.74, 6) is 0.135. The summed E-state index contributed by atoms with van der Waals surface area (Å²) in [5.41, 5.74) is 5.66. The van der Waals surface area contributed by atoms with Crippen molar-refractivity contribution in [2.75, 3.05) is 27.2 Å². The van der Waals surface area contributed by atoms with Crippen molar-refractivity contribution in [3.63, 3.8) is 0 Å². The molecule has 2 unspecified atom stereocenters. The Morgan fingerprint density at radius 3 is 2.75 bits per heavy atom. The molecule has 0 aromatic carbocycles. The van der Waals surface area contributed by atoms with Crippen molar-refractivity contribution in [1.29, 1.82) is 0 Å². The van der Waals surface area contributed by atoms with Crippen molar-refractivity contribution >= 4 is 5.91 Å². The van der Waals surface area contributed by atoms with Crippen LogP contribution in [0.1, 0.15) is 32.6 Å². The van der Waals surface area contributed by atoms with Crippen molar-refractivity contribution in [3.8, 4) is 0 Å². The number of carbonyl (C=O) groups excluding carboxylic acids is 1. The van der Waals surface area contributed by atoms with Crippen molar-refractivity contribution in [1.82, 2.24) is 10.2 Å². The Balaban J connectivity index is 2.29. The number of amides is 1. The topological polar surface area (TPSA) is 58.4 Å². The van der Waals surface area contributed by atoms with Crippen LogP contribution >= 0.6 is 0 Å². The lowest BCUT2D eigenvalue weighted by Crippen LogP contribution is -2.47. The van der Waals surface area contributed by atoms with Gasteiger partial charge in [0, 0.05) is 12.6 Å². The molecule has 2 atom stereocenters. The number of nitrogens with zero attached hydrogens (tertiary/aromatic N) is 1. The number of carbonyl (C=O) groups is 1. The van der Waals surface area contributed by atoms with Crippen LogP contribution in [0.2, 0.25) is 0 Å². The molecule has 1 aliphatic rings. The van der Waals surface area contributed by atoms with Gasteiger partial charge in [0.05, 0.1) is 5.41 Å². The molecule has 4 nitrogen and oxygen atoms in total. The second kappa shape index (κ2) is 5.64. The average molecular weight is 227 g/mol. The summed E-state index contributed by atoms with van der Waals surface area (Å²) in [7, 11) is 4.08. The van der Waals surface area contributed by atoms with Crippen LogP contribution in [-0.2, 0) is 4.79 Å². The van der Waals surface area contributed by atoms with E-state index in [4.69, 9.17) is 5.73 Å². The van der Waals surface area contributed by atoms with E-state index in [-0.39, 0.29) is 17.4 Å². The smallest absolute Gasteiger partial charge is 0.227 e. The van der Waals surface area contributed by atoms with Crippen LogP contribution in [0.15, 0.2) is 0 Å². The summed E-state index contributed by atoms with van der Waals surface area (Å²) >= 11 is 0. The fourth-order valence-corrected chi connectivity index (χ4v) is 2.27. The lowest BCUT2D eigenvalue weighted by atomic mass is 9.84. The van der Waals surface area contributed by atoms with Crippen LogP contribution in [0, 0.1) is 5.41 Å². The van der Waals surface area contributed by atoms with Gasteiger partial charge in [0.15, 0.2) is 0 Å². The van der Waals surface area contributed by atoms with E-state index in [1.165, 1.54) is 0 Å². The normalized spacial score (nSPS) is 29.7. The van der Waals surface area contributed by atoms with Crippen LogP contribution in [0.3, 0.4) is 0 Å². The van der Waals surface area contributed by atoms with Gasteiger partial charge in [0.1, 0.15) is 0 Å². The molecule has 0 bridgehead atoms. The van der Waals surface area contributed by atoms with Crippen molar-refractivity contribution in [3.05, 3.63) is 0 Å². The molecule has 1 rings (SSSR count). The Hall–Kier alpha value is -0.610. The monoisotopic (exact) mass is 227 g/mol. The minimum absolute atomic E-state index is 0.0290. The van der Waals surface area contributed by atoms with E-state index in [1.807, 2.05) is 21.0 Å². The highest BCUT2D eigenvalue weighted by atomic mass is 16.2. The van der Waals surface area contributed by atoms with E-state index in [1.54, 1.807) is 0 Å². The molecule has 0 saturated heterocycles. The van der Waals surface area contributed by atoms with Gasteiger partial charge in [-0.1, -0.05) is 6.42 Å². The summed E-state index contributed by atoms with van der Waals surface area (Å²) in [6.45, 7) is 3.74. The number of nitrogens with one attached hydrogen (secondary N) is 1. The first-order valence-corrected chi connectivity index (χ1v) is 6.15. The zero-order chi connectivity index (χ0) is 12.2. The van der Waals surface area contributed by atoms with Crippen LogP contribution in [0.5, 0.6) is 0 Å². The van der Waals surface area contributed by atoms with Gasteiger partial charge in [-0.15, -0.1) is 0 Å². The Morgan fingerprint density at radius 2 is 2.25 bits per heavy atom. The molecule has 4 heteroatoms. The van der Waals surface area contributed by atoms with Gasteiger partial charge in [0.2, 0.25) is 5.91 Å². The van der Waals surface area contributed by atoms with Gasteiger partial charge in [-0.25, -0.2) is 0 Å². The molecule has 0 aliphatic heterocycles. The minimum Gasteiger partial charge on any atom is -0.356 e. The molecule has 0 spiro atoms. The van der Waals surface area contributed by atoms with Crippen LogP contribution < -0.4 is 11.1 Å². The van der Waals surface area contributed by atoms with Gasteiger partial charge < -0.3 is 16.0 Å². The standard InChI is InChI=1S/C12H25N3O/c1-12(7-4-6-10(12)13)11(16)14-8-5-9-15(2)3/h10H,4-9,13H2,1-3H3,(H,14,16). The predicted molar refractivity (Wildman–Crippen MR) is 66.1 cm³/mol. The highest BCUT2D eigenvalue weighted by Gasteiger charge is 2.42. The Labute approximate surface area is 98.6 Å². The maximum atomic E-state index is 12.0. The summed E-state index contributed by atoms with van der Waals surface area (Å²) in [6.07, 6.45) is 3.96. The Morgan fingerprint density at radius 1 is 1.56 bits per heavy atom. The van der Waals surface area contributed by atoms with Crippen LogP contribution in [-0.4, -0.2) is 44.0 Å². The Kier molecular flexibility index (Phi) is 4.74. The molecule has 0 heterocycles. The maximum absolute atomic E-state index is 12.0. The van der Waals surface area contributed by atoms with Crippen molar-refractivity contribution in [2.24, 2.45) is 11.1 Å². The molecule has 1 amide bonds. The van der Waals surface area contributed by atoms with E-state index in [0.717, 1.165) is 38.8 Å². The summed E-state index contributed by atoms with van der Waals surface area (Å²) < 4.78 is 0. The molecule has 94 valence electrons. The molecule has 1 saturated carbocycles. The van der Waals surface area contributed by atoms with E-state index in [9.17, 15) is 4.79 Å². The van der Waals surface area contributed by atoms with E-state index in [2.05, 4.69) is 10.2 Å². The van der Waals surface area contributed by atoms with Gasteiger partial charge >= 0.3 is 0 Å². The van der Waals surface area contributed by atoms with Crippen LogP contribution in [0.4, 0.5) is 0 Å². The number of hydrogen-bond donors (Lipinski definition) is 2. The number of hydrogen-bond acceptors (Lipinski definition) is 3. The fraction of sp³-hybridized carbons (Fsp3) is 0.917. The molecular weight excluding hydrogens is 202 g/mol. The molecule has 16 heavy (non-hydrogen) atoms. The third-order valence-corrected chi connectivity index (χ3v) is 3.62. The number of rotatable bonds is 5. The van der Waals surface area contributed by atoms with Gasteiger partial charge in [-0.3, -0.25) is 4.79 Å². The maximum Gasteiger partial charge on any atom is 0.227 e. The lowest BCUT2D eigenvalue weighted by Gasteiger charge is -2.27. The SMILES string of the molecule is CN(C)CCCNC(=O)C1(C)CCCC1N. The molecule has 1 fully saturated rings. The predicted octanol–water partition coefficient (Wildman–Crippen LogP) is 0.572. The van der Waals surface area contributed by atoms with Gasteiger partial charge in [0.25, 0.3) is 0 Å². The third-order valence-electron chi connectivity index (χ3n) is 3.62. The minimum atomic E-state index is -0.335. The molecular formula is C12H25N3O. The second-order valence-electron chi connectivity index (χ2n) is 5.33. The molecule has 0 aromatic rings. The van der Waals surface area contributed by atoms with E-state index >= 15 is 0 Å². The number of nitrogens with two attached hydrogens (primary N) is 1. The molecule has 0 aromatic heterocycles. The summed E-state index contributed by atoms with van der Waals surface area (Å²) in [4.78, 5) is 14.1. The molecule has 1 aliphatic carbocycles. The summed E-state index contributed by atoms with van der Waals surface area (Å²) in [5, 5.41) is 3.01. The highest BCUT2D eigenvalue weighted by Crippen LogP contribution is 2.36.